The number of anilines is 1. The van der Waals surface area contributed by atoms with Crippen LogP contribution in [-0.2, 0) is 4.79 Å². The highest BCUT2D eigenvalue weighted by molar-refractivity contribution is 7.99. The van der Waals surface area contributed by atoms with E-state index < -0.39 is 12.5 Å². The highest BCUT2D eigenvalue weighted by atomic mass is 32.2. The Morgan fingerprint density at radius 2 is 1.83 bits per heavy atom. The molecule has 0 saturated heterocycles. The number of nitrogens with zero attached hydrogens (tertiary/aromatic N) is 4. The van der Waals surface area contributed by atoms with E-state index in [0.717, 1.165) is 16.8 Å². The first-order valence-corrected chi connectivity index (χ1v) is 11.8. The Balaban J connectivity index is 1.62. The molecular formula is C25H23F2N5O2S. The van der Waals surface area contributed by atoms with Crippen molar-refractivity contribution in [3.05, 3.63) is 78.6 Å². The summed E-state index contributed by atoms with van der Waals surface area (Å²) in [4.78, 5) is 16.9. The molecule has 0 unspecified atom stereocenters. The first-order valence-electron chi connectivity index (χ1n) is 10.9. The lowest BCUT2D eigenvalue weighted by atomic mass is 10.0. The number of hydrogen-bond donors (Lipinski definition) is 1. The van der Waals surface area contributed by atoms with Crippen molar-refractivity contribution in [2.75, 3.05) is 11.1 Å². The van der Waals surface area contributed by atoms with Crippen LogP contribution in [0.4, 0.5) is 14.5 Å². The quantitative estimate of drug-likeness (QED) is 0.296. The van der Waals surface area contributed by atoms with Crippen LogP contribution in [0, 0.1) is 0 Å². The zero-order chi connectivity index (χ0) is 24.8. The number of benzene rings is 2. The maximum absolute atomic E-state index is 12.7. The highest BCUT2D eigenvalue weighted by Gasteiger charge is 2.20. The van der Waals surface area contributed by atoms with Crippen LogP contribution in [0.1, 0.15) is 25.3 Å². The fourth-order valence-electron chi connectivity index (χ4n) is 3.53. The van der Waals surface area contributed by atoms with Crippen LogP contribution in [0.15, 0.2) is 78.2 Å². The number of amides is 1. The average Bonchev–Trinajstić information content (AvgIpc) is 3.28. The third-order valence-corrected chi connectivity index (χ3v) is 5.99. The summed E-state index contributed by atoms with van der Waals surface area (Å²) in [6.07, 6.45) is 3.39. The summed E-state index contributed by atoms with van der Waals surface area (Å²) in [5.41, 5.74) is 2.96. The van der Waals surface area contributed by atoms with Crippen molar-refractivity contribution < 1.29 is 18.3 Å². The Morgan fingerprint density at radius 1 is 1.06 bits per heavy atom. The van der Waals surface area contributed by atoms with Crippen LogP contribution in [0.2, 0.25) is 0 Å². The molecule has 10 heteroatoms. The van der Waals surface area contributed by atoms with Crippen molar-refractivity contribution in [1.29, 1.82) is 0 Å². The second kappa shape index (κ2) is 11.1. The largest absolute Gasteiger partial charge is 0.433 e. The number of aromatic nitrogens is 4. The van der Waals surface area contributed by atoms with Crippen molar-refractivity contribution in [1.82, 2.24) is 19.7 Å². The lowest BCUT2D eigenvalue weighted by Crippen LogP contribution is -2.16. The molecule has 0 atom stereocenters. The van der Waals surface area contributed by atoms with E-state index in [0.29, 0.717) is 11.0 Å². The van der Waals surface area contributed by atoms with E-state index in [2.05, 4.69) is 39.1 Å². The maximum Gasteiger partial charge on any atom is 0.387 e. The summed E-state index contributed by atoms with van der Waals surface area (Å²) in [5.74, 6) is 0.328. The standard InChI is InChI=1S/C25H23F2N5O2S/c1-16(2)18-9-3-5-11-20(18)32-23(17-8-7-13-28-14-17)30-31-25(32)35-15-22(33)29-19-10-4-6-12-21(19)34-24(26)27/h3-14,16,24H,15H2,1-2H3,(H,29,33). The van der Waals surface area contributed by atoms with Crippen molar-refractivity contribution >= 4 is 23.4 Å². The molecule has 4 aromatic rings. The lowest BCUT2D eigenvalue weighted by Gasteiger charge is -2.17. The lowest BCUT2D eigenvalue weighted by molar-refractivity contribution is -0.113. The number of alkyl halides is 2. The summed E-state index contributed by atoms with van der Waals surface area (Å²) in [6, 6.07) is 17.7. The maximum atomic E-state index is 12.7. The second-order valence-electron chi connectivity index (χ2n) is 7.81. The first-order chi connectivity index (χ1) is 16.9. The molecular weight excluding hydrogens is 472 g/mol. The van der Waals surface area contributed by atoms with Crippen molar-refractivity contribution in [3.63, 3.8) is 0 Å². The smallest absolute Gasteiger partial charge is 0.387 e. The highest BCUT2D eigenvalue weighted by Crippen LogP contribution is 2.32. The molecule has 2 aromatic heterocycles. The van der Waals surface area contributed by atoms with E-state index in [1.807, 2.05) is 41.0 Å². The molecule has 2 aromatic carbocycles. The number of pyridine rings is 1. The molecule has 180 valence electrons. The van der Waals surface area contributed by atoms with Crippen LogP contribution >= 0.6 is 11.8 Å². The topological polar surface area (TPSA) is 81.9 Å². The minimum atomic E-state index is -2.99. The molecule has 1 N–H and O–H groups in total. The molecule has 35 heavy (non-hydrogen) atoms. The van der Waals surface area contributed by atoms with Gasteiger partial charge < -0.3 is 10.1 Å². The minimum Gasteiger partial charge on any atom is -0.433 e. The number of para-hydroxylation sites is 3. The van der Waals surface area contributed by atoms with Crippen LogP contribution in [-0.4, -0.2) is 38.0 Å². The zero-order valence-corrected chi connectivity index (χ0v) is 19.9. The Morgan fingerprint density at radius 3 is 2.57 bits per heavy atom. The SMILES string of the molecule is CC(C)c1ccccc1-n1c(SCC(=O)Nc2ccccc2OC(F)F)nnc1-c1cccnc1. The molecule has 0 bridgehead atoms. The predicted molar refractivity (Wildman–Crippen MR) is 131 cm³/mol. The molecule has 0 radical (unpaired) electrons. The predicted octanol–water partition coefficient (Wildman–Crippen LogP) is 5.78. The monoisotopic (exact) mass is 495 g/mol. The Hall–Kier alpha value is -3.79. The van der Waals surface area contributed by atoms with E-state index in [1.54, 1.807) is 24.5 Å². The molecule has 0 aliphatic carbocycles. The molecule has 0 saturated carbocycles. The van der Waals surface area contributed by atoms with Gasteiger partial charge in [-0.05, 0) is 41.8 Å². The van der Waals surface area contributed by atoms with E-state index in [-0.39, 0.29) is 23.1 Å². The number of nitrogens with one attached hydrogen (secondary N) is 1. The number of carbonyl (C=O) groups excluding carboxylic acids is 1. The second-order valence-corrected chi connectivity index (χ2v) is 8.75. The van der Waals surface area contributed by atoms with Crippen LogP contribution < -0.4 is 10.1 Å². The van der Waals surface area contributed by atoms with Gasteiger partial charge in [-0.25, -0.2) is 0 Å². The van der Waals surface area contributed by atoms with Gasteiger partial charge in [0, 0.05) is 18.0 Å². The first kappa shape index (κ1) is 24.3. The van der Waals surface area contributed by atoms with Gasteiger partial charge in [0.25, 0.3) is 0 Å². The molecule has 1 amide bonds. The van der Waals surface area contributed by atoms with Crippen molar-refractivity contribution in [3.8, 4) is 22.8 Å². The summed E-state index contributed by atoms with van der Waals surface area (Å²) < 4.78 is 31.8. The molecule has 0 fully saturated rings. The molecule has 2 heterocycles. The van der Waals surface area contributed by atoms with Gasteiger partial charge in [0.2, 0.25) is 5.91 Å². The Bertz CT molecular complexity index is 1300. The van der Waals surface area contributed by atoms with Gasteiger partial charge in [-0.15, -0.1) is 10.2 Å². The molecule has 0 aliphatic heterocycles. The number of ether oxygens (including phenoxy) is 1. The van der Waals surface area contributed by atoms with Crippen molar-refractivity contribution in [2.45, 2.75) is 31.5 Å². The Kier molecular flexibility index (Phi) is 7.71. The van der Waals surface area contributed by atoms with Gasteiger partial charge in [0.15, 0.2) is 11.0 Å². The van der Waals surface area contributed by atoms with E-state index in [4.69, 9.17) is 0 Å². The average molecular weight is 496 g/mol. The summed E-state index contributed by atoms with van der Waals surface area (Å²) in [5, 5.41) is 11.9. The van der Waals surface area contributed by atoms with E-state index in [9.17, 15) is 13.6 Å². The molecule has 0 aliphatic rings. The number of halogens is 2. The molecule has 0 spiro atoms. The van der Waals surface area contributed by atoms with Gasteiger partial charge in [0.05, 0.1) is 17.1 Å². The van der Waals surface area contributed by atoms with Gasteiger partial charge >= 0.3 is 6.61 Å². The third-order valence-electron chi connectivity index (χ3n) is 5.06. The zero-order valence-electron chi connectivity index (χ0n) is 19.1. The van der Waals surface area contributed by atoms with Gasteiger partial charge in [0.1, 0.15) is 5.75 Å². The Labute approximate surface area is 205 Å². The number of rotatable bonds is 9. The fraction of sp³-hybridized carbons (Fsp3) is 0.200. The van der Waals surface area contributed by atoms with E-state index in [1.165, 1.54) is 23.9 Å². The summed E-state index contributed by atoms with van der Waals surface area (Å²) in [7, 11) is 0. The minimum absolute atomic E-state index is 0.0158. The summed E-state index contributed by atoms with van der Waals surface area (Å²) in [6.45, 7) is 1.21. The fourth-order valence-corrected chi connectivity index (χ4v) is 4.27. The van der Waals surface area contributed by atoms with Crippen LogP contribution in [0.5, 0.6) is 5.75 Å². The number of hydrogen-bond acceptors (Lipinski definition) is 6. The summed E-state index contributed by atoms with van der Waals surface area (Å²) >= 11 is 1.19. The van der Waals surface area contributed by atoms with Gasteiger partial charge in [-0.1, -0.05) is 55.9 Å². The van der Waals surface area contributed by atoms with Crippen LogP contribution in [0.3, 0.4) is 0 Å². The van der Waals surface area contributed by atoms with Crippen molar-refractivity contribution in [2.24, 2.45) is 0 Å². The number of thioether (sulfide) groups is 1. The normalized spacial score (nSPS) is 11.1. The van der Waals surface area contributed by atoms with Gasteiger partial charge in [-0.2, -0.15) is 8.78 Å². The van der Waals surface area contributed by atoms with E-state index >= 15 is 0 Å². The third kappa shape index (κ3) is 5.83. The molecule has 4 rings (SSSR count). The van der Waals surface area contributed by atoms with Gasteiger partial charge in [-0.3, -0.25) is 14.3 Å². The molecule has 7 nitrogen and oxygen atoms in total. The van der Waals surface area contributed by atoms with Crippen LogP contribution in [0.25, 0.3) is 17.1 Å². The number of carbonyl (C=O) groups is 1.